The van der Waals surface area contributed by atoms with Crippen LogP contribution in [0.25, 0.3) is 0 Å². The summed E-state index contributed by atoms with van der Waals surface area (Å²) in [7, 11) is 1.59. The van der Waals surface area contributed by atoms with Crippen LogP contribution < -0.4 is 20.1 Å². The van der Waals surface area contributed by atoms with Gasteiger partial charge in [0.1, 0.15) is 11.5 Å². The predicted molar refractivity (Wildman–Crippen MR) is 92.3 cm³/mol. The highest BCUT2D eigenvalue weighted by atomic mass is 16.5. The Balaban J connectivity index is 1.94. The molecule has 0 aliphatic rings. The van der Waals surface area contributed by atoms with Crippen molar-refractivity contribution in [3.8, 4) is 11.5 Å². The van der Waals surface area contributed by atoms with Crippen LogP contribution in [0.1, 0.15) is 13.8 Å². The van der Waals surface area contributed by atoms with E-state index in [1.165, 1.54) is 0 Å². The molecule has 23 heavy (non-hydrogen) atoms. The first-order valence-electron chi connectivity index (χ1n) is 7.52. The zero-order valence-electron chi connectivity index (χ0n) is 13.6. The average Bonchev–Trinajstić information content (AvgIpc) is 2.53. The van der Waals surface area contributed by atoms with E-state index in [2.05, 4.69) is 10.6 Å². The quantitative estimate of drug-likeness (QED) is 0.821. The Morgan fingerprint density at radius 1 is 1.13 bits per heavy atom. The maximum absolute atomic E-state index is 12.1. The van der Waals surface area contributed by atoms with Crippen LogP contribution in [0.5, 0.6) is 11.5 Å². The first kappa shape index (κ1) is 16.7. The molecule has 0 aromatic heterocycles. The molecule has 2 N–H and O–H groups in total. The molecule has 2 aromatic rings. The van der Waals surface area contributed by atoms with E-state index in [0.717, 1.165) is 11.4 Å². The van der Waals surface area contributed by atoms with Crippen molar-refractivity contribution >= 4 is 17.3 Å². The highest BCUT2D eigenvalue weighted by Crippen LogP contribution is 2.24. The molecule has 0 unspecified atom stereocenters. The fourth-order valence-corrected chi connectivity index (χ4v) is 2.05. The number of benzene rings is 2. The summed E-state index contributed by atoms with van der Waals surface area (Å²) in [6.07, 6.45) is 0.0727. The molecular weight excluding hydrogens is 292 g/mol. The SMILES string of the molecule is COc1cccc(NC(=O)CNc2ccccc2OC(C)C)c1. The van der Waals surface area contributed by atoms with Gasteiger partial charge in [0.25, 0.3) is 0 Å². The van der Waals surface area contributed by atoms with E-state index in [9.17, 15) is 4.79 Å². The average molecular weight is 314 g/mol. The van der Waals surface area contributed by atoms with E-state index in [4.69, 9.17) is 9.47 Å². The van der Waals surface area contributed by atoms with E-state index in [1.807, 2.05) is 56.3 Å². The maximum atomic E-state index is 12.1. The normalized spacial score (nSPS) is 10.3. The highest BCUT2D eigenvalue weighted by molar-refractivity contribution is 5.94. The van der Waals surface area contributed by atoms with Crippen LogP contribution in [0, 0.1) is 0 Å². The van der Waals surface area contributed by atoms with Crippen molar-refractivity contribution in [1.82, 2.24) is 0 Å². The number of amides is 1. The van der Waals surface area contributed by atoms with Crippen LogP contribution in [-0.2, 0) is 4.79 Å². The fourth-order valence-electron chi connectivity index (χ4n) is 2.05. The first-order chi connectivity index (χ1) is 11.1. The molecule has 2 aromatic carbocycles. The van der Waals surface area contributed by atoms with Gasteiger partial charge in [0.2, 0.25) is 5.91 Å². The second-order valence-electron chi connectivity index (χ2n) is 5.30. The molecule has 0 radical (unpaired) electrons. The summed E-state index contributed by atoms with van der Waals surface area (Å²) < 4.78 is 10.9. The van der Waals surface area contributed by atoms with E-state index < -0.39 is 0 Å². The van der Waals surface area contributed by atoms with Crippen molar-refractivity contribution in [1.29, 1.82) is 0 Å². The van der Waals surface area contributed by atoms with Crippen LogP contribution in [0.15, 0.2) is 48.5 Å². The molecule has 0 aliphatic carbocycles. The smallest absolute Gasteiger partial charge is 0.243 e. The monoisotopic (exact) mass is 314 g/mol. The zero-order chi connectivity index (χ0) is 16.7. The Morgan fingerprint density at radius 3 is 2.65 bits per heavy atom. The van der Waals surface area contributed by atoms with Gasteiger partial charge in [-0.3, -0.25) is 4.79 Å². The zero-order valence-corrected chi connectivity index (χ0v) is 13.6. The van der Waals surface area contributed by atoms with Crippen LogP contribution in [0.3, 0.4) is 0 Å². The number of nitrogens with one attached hydrogen (secondary N) is 2. The summed E-state index contributed by atoms with van der Waals surface area (Å²) in [5.74, 6) is 1.29. The third kappa shape index (κ3) is 5.21. The minimum Gasteiger partial charge on any atom is -0.497 e. The lowest BCUT2D eigenvalue weighted by molar-refractivity contribution is -0.114. The molecule has 0 fully saturated rings. The Labute approximate surface area is 136 Å². The number of carbonyl (C=O) groups excluding carboxylic acids is 1. The molecule has 2 rings (SSSR count). The topological polar surface area (TPSA) is 59.6 Å². The minimum atomic E-state index is -0.141. The van der Waals surface area contributed by atoms with Crippen molar-refractivity contribution in [3.05, 3.63) is 48.5 Å². The molecule has 0 saturated heterocycles. The molecule has 0 aliphatic heterocycles. The van der Waals surface area contributed by atoms with E-state index in [-0.39, 0.29) is 18.6 Å². The van der Waals surface area contributed by atoms with Crippen molar-refractivity contribution in [2.75, 3.05) is 24.3 Å². The minimum absolute atomic E-state index is 0.0727. The summed E-state index contributed by atoms with van der Waals surface area (Å²) in [6, 6.07) is 14.8. The largest absolute Gasteiger partial charge is 0.497 e. The number of para-hydroxylation sites is 2. The van der Waals surface area contributed by atoms with Crippen LogP contribution in [0.4, 0.5) is 11.4 Å². The van der Waals surface area contributed by atoms with Crippen LogP contribution in [0.2, 0.25) is 0 Å². The Hall–Kier alpha value is -2.69. The Kier molecular flexibility index (Phi) is 5.86. The number of hydrogen-bond acceptors (Lipinski definition) is 4. The summed E-state index contributed by atoms with van der Waals surface area (Å²) >= 11 is 0. The number of ether oxygens (including phenoxy) is 2. The maximum Gasteiger partial charge on any atom is 0.243 e. The van der Waals surface area contributed by atoms with Crippen LogP contribution >= 0.6 is 0 Å². The molecular formula is C18H22N2O3. The van der Waals surface area contributed by atoms with Crippen molar-refractivity contribution < 1.29 is 14.3 Å². The van der Waals surface area contributed by atoms with Gasteiger partial charge in [-0.1, -0.05) is 18.2 Å². The molecule has 5 heteroatoms. The fraction of sp³-hybridized carbons (Fsp3) is 0.278. The second-order valence-corrected chi connectivity index (χ2v) is 5.30. The standard InChI is InChI=1S/C18H22N2O3/c1-13(2)23-17-10-5-4-9-16(17)19-12-18(21)20-14-7-6-8-15(11-14)22-3/h4-11,13,19H,12H2,1-3H3,(H,20,21). The summed E-state index contributed by atoms with van der Waals surface area (Å²) in [5.41, 5.74) is 1.49. The summed E-state index contributed by atoms with van der Waals surface area (Å²) in [5, 5.41) is 5.92. The number of carbonyl (C=O) groups is 1. The molecule has 0 heterocycles. The number of anilines is 2. The van der Waals surface area contributed by atoms with Crippen molar-refractivity contribution in [2.45, 2.75) is 20.0 Å². The molecule has 0 atom stereocenters. The number of rotatable bonds is 7. The third-order valence-electron chi connectivity index (χ3n) is 3.04. The Bertz CT molecular complexity index is 656. The van der Waals surface area contributed by atoms with Gasteiger partial charge in [0.05, 0.1) is 25.4 Å². The second kappa shape index (κ2) is 8.08. The summed E-state index contributed by atoms with van der Waals surface area (Å²) in [6.45, 7) is 4.08. The molecule has 0 saturated carbocycles. The molecule has 5 nitrogen and oxygen atoms in total. The van der Waals surface area contributed by atoms with Gasteiger partial charge in [0.15, 0.2) is 0 Å². The number of methoxy groups -OCH3 is 1. The highest BCUT2D eigenvalue weighted by Gasteiger charge is 2.07. The lowest BCUT2D eigenvalue weighted by Gasteiger charge is -2.15. The van der Waals surface area contributed by atoms with Gasteiger partial charge in [-0.2, -0.15) is 0 Å². The van der Waals surface area contributed by atoms with Crippen LogP contribution in [-0.4, -0.2) is 25.7 Å². The van der Waals surface area contributed by atoms with Gasteiger partial charge in [0, 0.05) is 11.8 Å². The van der Waals surface area contributed by atoms with Gasteiger partial charge >= 0.3 is 0 Å². The molecule has 1 amide bonds. The summed E-state index contributed by atoms with van der Waals surface area (Å²) in [4.78, 5) is 12.1. The van der Waals surface area contributed by atoms with Gasteiger partial charge < -0.3 is 20.1 Å². The lowest BCUT2D eigenvalue weighted by Crippen LogP contribution is -2.22. The van der Waals surface area contributed by atoms with Gasteiger partial charge in [-0.25, -0.2) is 0 Å². The van der Waals surface area contributed by atoms with Crippen molar-refractivity contribution in [2.24, 2.45) is 0 Å². The van der Waals surface area contributed by atoms with E-state index >= 15 is 0 Å². The Morgan fingerprint density at radius 2 is 1.91 bits per heavy atom. The molecule has 0 spiro atoms. The van der Waals surface area contributed by atoms with Crippen molar-refractivity contribution in [3.63, 3.8) is 0 Å². The van der Waals surface area contributed by atoms with Gasteiger partial charge in [-0.05, 0) is 38.1 Å². The first-order valence-corrected chi connectivity index (χ1v) is 7.52. The predicted octanol–water partition coefficient (Wildman–Crippen LogP) is 3.53. The number of hydrogen-bond donors (Lipinski definition) is 2. The lowest BCUT2D eigenvalue weighted by atomic mass is 10.2. The van der Waals surface area contributed by atoms with Gasteiger partial charge in [-0.15, -0.1) is 0 Å². The van der Waals surface area contributed by atoms with E-state index in [1.54, 1.807) is 13.2 Å². The third-order valence-corrected chi connectivity index (χ3v) is 3.04. The molecule has 122 valence electrons. The molecule has 0 bridgehead atoms. The van der Waals surface area contributed by atoms with E-state index in [0.29, 0.717) is 11.4 Å².